The van der Waals surface area contributed by atoms with E-state index in [1.807, 2.05) is 44.2 Å². The van der Waals surface area contributed by atoms with Gasteiger partial charge in [0, 0.05) is 12.2 Å². The first kappa shape index (κ1) is 17.8. The first-order valence-electron chi connectivity index (χ1n) is 7.78. The van der Waals surface area contributed by atoms with Crippen LogP contribution in [0.3, 0.4) is 0 Å². The molecule has 6 heteroatoms. The van der Waals surface area contributed by atoms with Crippen molar-refractivity contribution in [2.75, 3.05) is 15.8 Å². The number of hydrogen-bond donors (Lipinski definition) is 2. The number of hydrogen-bond acceptors (Lipinski definition) is 4. The minimum atomic E-state index is -3.31. The summed E-state index contributed by atoms with van der Waals surface area (Å²) in [7, 11) is -3.31. The van der Waals surface area contributed by atoms with Gasteiger partial charge in [-0.05, 0) is 48.7 Å². The van der Waals surface area contributed by atoms with Crippen molar-refractivity contribution >= 4 is 21.4 Å². The quantitative estimate of drug-likeness (QED) is 0.804. The van der Waals surface area contributed by atoms with Gasteiger partial charge in [-0.1, -0.05) is 25.1 Å². The summed E-state index contributed by atoms with van der Waals surface area (Å²) < 4.78 is 26.5. The number of sulfonamides is 1. The molecule has 5 nitrogen and oxygen atoms in total. The van der Waals surface area contributed by atoms with Crippen molar-refractivity contribution in [2.45, 2.75) is 26.8 Å². The van der Waals surface area contributed by atoms with Gasteiger partial charge in [0.1, 0.15) is 0 Å². The van der Waals surface area contributed by atoms with Crippen LogP contribution in [0.4, 0.5) is 11.4 Å². The van der Waals surface area contributed by atoms with Crippen LogP contribution < -0.4 is 10.0 Å². The van der Waals surface area contributed by atoms with E-state index < -0.39 is 10.0 Å². The van der Waals surface area contributed by atoms with Crippen LogP contribution in [0.15, 0.2) is 42.5 Å². The number of nitriles is 1. The number of rotatable bonds is 7. The molecule has 2 aromatic carbocycles. The highest BCUT2D eigenvalue weighted by atomic mass is 32.2. The Morgan fingerprint density at radius 2 is 1.83 bits per heavy atom. The number of anilines is 2. The Labute approximate surface area is 143 Å². The van der Waals surface area contributed by atoms with E-state index in [2.05, 4.69) is 16.1 Å². The summed E-state index contributed by atoms with van der Waals surface area (Å²) in [5, 5.41) is 12.2. The van der Waals surface area contributed by atoms with E-state index >= 15 is 0 Å². The zero-order valence-corrected chi connectivity index (χ0v) is 14.7. The molecule has 126 valence electrons. The van der Waals surface area contributed by atoms with Gasteiger partial charge in [0.05, 0.1) is 23.1 Å². The molecule has 2 rings (SSSR count). The lowest BCUT2D eigenvalue weighted by molar-refractivity contribution is 0.600. The molecule has 2 N–H and O–H groups in total. The molecule has 0 spiro atoms. The van der Waals surface area contributed by atoms with Crippen LogP contribution in [0.25, 0.3) is 0 Å². The van der Waals surface area contributed by atoms with Crippen LogP contribution in [0.2, 0.25) is 0 Å². The lowest BCUT2D eigenvalue weighted by atomic mass is 10.1. The summed E-state index contributed by atoms with van der Waals surface area (Å²) in [4.78, 5) is 0. The lowest BCUT2D eigenvalue weighted by Crippen LogP contribution is -2.17. The Balaban J connectivity index is 2.14. The monoisotopic (exact) mass is 343 g/mol. The van der Waals surface area contributed by atoms with Crippen molar-refractivity contribution in [1.82, 2.24) is 0 Å². The van der Waals surface area contributed by atoms with Crippen molar-refractivity contribution in [3.63, 3.8) is 0 Å². The Morgan fingerprint density at radius 3 is 2.54 bits per heavy atom. The van der Waals surface area contributed by atoms with Crippen molar-refractivity contribution in [3.8, 4) is 6.07 Å². The Kier molecular flexibility index (Phi) is 5.83. The number of benzene rings is 2. The van der Waals surface area contributed by atoms with Crippen LogP contribution >= 0.6 is 0 Å². The van der Waals surface area contributed by atoms with Gasteiger partial charge in [0.15, 0.2) is 0 Å². The Morgan fingerprint density at radius 1 is 1.12 bits per heavy atom. The minimum Gasteiger partial charge on any atom is -0.381 e. The second-order valence-corrected chi connectivity index (χ2v) is 7.41. The fraction of sp³-hybridized carbons (Fsp3) is 0.278. The summed E-state index contributed by atoms with van der Waals surface area (Å²) in [5.74, 6) is 0.102. The van der Waals surface area contributed by atoms with E-state index in [-0.39, 0.29) is 5.75 Å². The maximum Gasteiger partial charge on any atom is 0.232 e. The SMILES string of the molecule is CCCS(=O)(=O)Nc1cccc(NCc2cccc(C#N)c2)c1C. The fourth-order valence-corrected chi connectivity index (χ4v) is 3.57. The smallest absolute Gasteiger partial charge is 0.232 e. The normalized spacial score (nSPS) is 10.9. The molecule has 0 aliphatic rings. The molecular weight excluding hydrogens is 322 g/mol. The topological polar surface area (TPSA) is 82.0 Å². The lowest BCUT2D eigenvalue weighted by Gasteiger charge is -2.15. The largest absolute Gasteiger partial charge is 0.381 e. The van der Waals surface area contributed by atoms with Gasteiger partial charge in [0.25, 0.3) is 0 Å². The molecule has 0 aromatic heterocycles. The number of nitrogens with one attached hydrogen (secondary N) is 2. The summed E-state index contributed by atoms with van der Waals surface area (Å²) >= 11 is 0. The maximum absolute atomic E-state index is 12.0. The average molecular weight is 343 g/mol. The third kappa shape index (κ3) is 4.74. The molecule has 0 radical (unpaired) electrons. The van der Waals surface area contributed by atoms with E-state index in [1.165, 1.54) is 0 Å². The molecule has 0 fully saturated rings. The van der Waals surface area contributed by atoms with Crippen LogP contribution in [-0.4, -0.2) is 14.2 Å². The number of nitrogens with zero attached hydrogens (tertiary/aromatic N) is 1. The van der Waals surface area contributed by atoms with Gasteiger partial charge in [-0.3, -0.25) is 4.72 Å². The zero-order chi connectivity index (χ0) is 17.6. The first-order chi connectivity index (χ1) is 11.4. The third-order valence-corrected chi connectivity index (χ3v) is 5.09. The minimum absolute atomic E-state index is 0.102. The van der Waals surface area contributed by atoms with Crippen LogP contribution in [0, 0.1) is 18.3 Å². The van der Waals surface area contributed by atoms with Crippen LogP contribution in [0.1, 0.15) is 30.0 Å². The molecule has 0 saturated heterocycles. The van der Waals surface area contributed by atoms with Gasteiger partial charge >= 0.3 is 0 Å². The van der Waals surface area contributed by atoms with Crippen LogP contribution in [-0.2, 0) is 16.6 Å². The molecule has 0 unspecified atom stereocenters. The second kappa shape index (κ2) is 7.84. The molecule has 0 bridgehead atoms. The highest BCUT2D eigenvalue weighted by Crippen LogP contribution is 2.25. The van der Waals surface area contributed by atoms with Crippen molar-refractivity contribution in [3.05, 3.63) is 59.2 Å². The van der Waals surface area contributed by atoms with Crippen molar-refractivity contribution in [1.29, 1.82) is 5.26 Å². The van der Waals surface area contributed by atoms with E-state index in [9.17, 15) is 8.42 Å². The molecule has 24 heavy (non-hydrogen) atoms. The fourth-order valence-electron chi connectivity index (χ4n) is 2.37. The molecule has 0 saturated carbocycles. The van der Waals surface area contributed by atoms with Gasteiger partial charge in [-0.15, -0.1) is 0 Å². The first-order valence-corrected chi connectivity index (χ1v) is 9.43. The van der Waals surface area contributed by atoms with Crippen LogP contribution in [0.5, 0.6) is 0 Å². The average Bonchev–Trinajstić information content (AvgIpc) is 2.55. The third-order valence-electron chi connectivity index (χ3n) is 3.61. The molecule has 0 aliphatic carbocycles. The van der Waals surface area contributed by atoms with E-state index in [4.69, 9.17) is 5.26 Å². The molecular formula is C18H21N3O2S. The predicted molar refractivity (Wildman–Crippen MR) is 97.4 cm³/mol. The molecule has 0 aliphatic heterocycles. The van der Waals surface area contributed by atoms with Crippen molar-refractivity contribution < 1.29 is 8.42 Å². The molecule has 0 heterocycles. The predicted octanol–water partition coefficient (Wildman–Crippen LogP) is 3.63. The second-order valence-electron chi connectivity index (χ2n) is 5.56. The van der Waals surface area contributed by atoms with E-state index in [1.54, 1.807) is 12.1 Å². The van der Waals surface area contributed by atoms with E-state index in [0.29, 0.717) is 24.2 Å². The summed E-state index contributed by atoms with van der Waals surface area (Å²) in [6, 6.07) is 15.0. The Bertz CT molecular complexity index is 855. The highest BCUT2D eigenvalue weighted by molar-refractivity contribution is 7.92. The zero-order valence-electron chi connectivity index (χ0n) is 13.8. The van der Waals surface area contributed by atoms with Gasteiger partial charge < -0.3 is 5.32 Å². The van der Waals surface area contributed by atoms with Gasteiger partial charge in [-0.2, -0.15) is 5.26 Å². The molecule has 2 aromatic rings. The van der Waals surface area contributed by atoms with Gasteiger partial charge in [-0.25, -0.2) is 8.42 Å². The molecule has 0 atom stereocenters. The highest BCUT2D eigenvalue weighted by Gasteiger charge is 2.12. The summed E-state index contributed by atoms with van der Waals surface area (Å²) in [5.41, 5.74) is 3.89. The van der Waals surface area contributed by atoms with Gasteiger partial charge in [0.2, 0.25) is 10.0 Å². The molecule has 0 amide bonds. The maximum atomic E-state index is 12.0. The van der Waals surface area contributed by atoms with E-state index in [0.717, 1.165) is 16.8 Å². The van der Waals surface area contributed by atoms with Crippen molar-refractivity contribution in [2.24, 2.45) is 0 Å². The summed E-state index contributed by atoms with van der Waals surface area (Å²) in [6.45, 7) is 4.26. The standard InChI is InChI=1S/C18H21N3O2S/c1-3-10-24(22,23)21-18-9-5-8-17(14(18)2)20-13-16-7-4-6-15(11-16)12-19/h4-9,11,20-21H,3,10,13H2,1-2H3. The Hall–Kier alpha value is -2.52. The summed E-state index contributed by atoms with van der Waals surface area (Å²) in [6.07, 6.45) is 0.571.